The minimum atomic E-state index is -0.986. The first-order valence-corrected chi connectivity index (χ1v) is 3.36. The Balaban J connectivity index is 2.34. The molecule has 0 aromatic carbocycles. The van der Waals surface area contributed by atoms with E-state index in [9.17, 15) is 9.59 Å². The molecule has 0 saturated carbocycles. The van der Waals surface area contributed by atoms with Crippen molar-refractivity contribution < 1.29 is 19.5 Å². The number of hydrogen-bond donors (Lipinski definition) is 1. The molecule has 0 spiro atoms. The lowest BCUT2D eigenvalue weighted by atomic mass is 10.3. The van der Waals surface area contributed by atoms with E-state index in [0.29, 0.717) is 19.4 Å². The fourth-order valence-electron chi connectivity index (χ4n) is 0.897. The van der Waals surface area contributed by atoms with Crippen LogP contribution in [-0.2, 0) is 14.4 Å². The second kappa shape index (κ2) is 3.34. The second-order valence-corrected chi connectivity index (χ2v) is 2.32. The lowest BCUT2D eigenvalue weighted by Gasteiger charge is -2.22. The smallest absolute Gasteiger partial charge is 0.325 e. The molecule has 5 nitrogen and oxygen atoms in total. The van der Waals surface area contributed by atoms with Crippen LogP contribution in [0, 0.1) is 0 Å². The highest BCUT2D eigenvalue weighted by atomic mass is 16.7. The summed E-state index contributed by atoms with van der Waals surface area (Å²) >= 11 is 0. The lowest BCUT2D eigenvalue weighted by Crippen LogP contribution is -2.36. The summed E-state index contributed by atoms with van der Waals surface area (Å²) in [6.45, 7) is 0.282. The number of carbonyl (C=O) groups is 2. The first-order chi connectivity index (χ1) is 5.18. The number of hydroxylamine groups is 2. The van der Waals surface area contributed by atoms with Crippen LogP contribution in [0.4, 0.5) is 0 Å². The highest BCUT2D eigenvalue weighted by molar-refractivity contribution is 5.71. The van der Waals surface area contributed by atoms with E-state index >= 15 is 0 Å². The Hall–Kier alpha value is -1.10. The van der Waals surface area contributed by atoms with Gasteiger partial charge in [0.05, 0.1) is 0 Å². The molecular weight excluding hydrogens is 150 g/mol. The van der Waals surface area contributed by atoms with Crippen LogP contribution in [0.25, 0.3) is 0 Å². The Labute approximate surface area is 63.5 Å². The van der Waals surface area contributed by atoms with Crippen LogP contribution in [0.1, 0.15) is 12.8 Å². The molecule has 0 unspecified atom stereocenters. The molecule has 0 radical (unpaired) electrons. The van der Waals surface area contributed by atoms with Crippen molar-refractivity contribution in [2.45, 2.75) is 12.8 Å². The summed E-state index contributed by atoms with van der Waals surface area (Å²) in [6, 6.07) is 0. The van der Waals surface area contributed by atoms with Gasteiger partial charge in [-0.15, -0.1) is 5.06 Å². The summed E-state index contributed by atoms with van der Waals surface area (Å²) in [5.74, 6) is -1.34. The molecule has 62 valence electrons. The van der Waals surface area contributed by atoms with Crippen molar-refractivity contribution in [2.75, 3.05) is 13.1 Å². The SMILES string of the molecule is O=C(O)CN1CCCC(=O)O1. The molecule has 1 fully saturated rings. The van der Waals surface area contributed by atoms with Crippen LogP contribution in [0.5, 0.6) is 0 Å². The van der Waals surface area contributed by atoms with Crippen molar-refractivity contribution in [3.8, 4) is 0 Å². The maximum Gasteiger partial charge on any atom is 0.325 e. The number of nitrogens with zero attached hydrogens (tertiary/aromatic N) is 1. The Morgan fingerprint density at radius 1 is 1.73 bits per heavy atom. The zero-order valence-corrected chi connectivity index (χ0v) is 5.95. The predicted molar refractivity (Wildman–Crippen MR) is 34.5 cm³/mol. The molecule has 1 aliphatic rings. The Morgan fingerprint density at radius 3 is 3.00 bits per heavy atom. The Morgan fingerprint density at radius 2 is 2.45 bits per heavy atom. The van der Waals surface area contributed by atoms with E-state index in [1.807, 2.05) is 0 Å². The monoisotopic (exact) mass is 159 g/mol. The van der Waals surface area contributed by atoms with Gasteiger partial charge in [-0.2, -0.15) is 0 Å². The highest BCUT2D eigenvalue weighted by Crippen LogP contribution is 2.06. The maximum atomic E-state index is 10.6. The van der Waals surface area contributed by atoms with Gasteiger partial charge in [0.1, 0.15) is 6.54 Å². The van der Waals surface area contributed by atoms with Gasteiger partial charge < -0.3 is 9.94 Å². The van der Waals surface area contributed by atoms with E-state index < -0.39 is 5.97 Å². The van der Waals surface area contributed by atoms with Gasteiger partial charge in [0.2, 0.25) is 0 Å². The largest absolute Gasteiger partial charge is 0.480 e. The van der Waals surface area contributed by atoms with Gasteiger partial charge in [-0.05, 0) is 6.42 Å². The minimum absolute atomic E-state index is 0.230. The summed E-state index contributed by atoms with van der Waals surface area (Å²) < 4.78 is 0. The van der Waals surface area contributed by atoms with Crippen LogP contribution < -0.4 is 0 Å². The van der Waals surface area contributed by atoms with E-state index in [4.69, 9.17) is 5.11 Å². The Kier molecular flexibility index (Phi) is 2.43. The molecule has 5 heteroatoms. The van der Waals surface area contributed by atoms with E-state index in [1.54, 1.807) is 0 Å². The van der Waals surface area contributed by atoms with Crippen molar-refractivity contribution in [1.29, 1.82) is 0 Å². The molecule has 1 N–H and O–H groups in total. The molecule has 0 aromatic heterocycles. The van der Waals surface area contributed by atoms with Gasteiger partial charge in [0.15, 0.2) is 0 Å². The predicted octanol–water partition coefficient (Wildman–Crippen LogP) is -0.375. The third-order valence-corrected chi connectivity index (χ3v) is 1.33. The topological polar surface area (TPSA) is 66.8 Å². The molecule has 0 amide bonds. The molecule has 0 atom stereocenters. The third-order valence-electron chi connectivity index (χ3n) is 1.33. The van der Waals surface area contributed by atoms with Crippen LogP contribution in [0.15, 0.2) is 0 Å². The number of carboxylic acid groups (broad SMARTS) is 1. The molecule has 0 aromatic rings. The van der Waals surface area contributed by atoms with Crippen LogP contribution >= 0.6 is 0 Å². The van der Waals surface area contributed by atoms with Crippen LogP contribution in [0.3, 0.4) is 0 Å². The van der Waals surface area contributed by atoms with Crippen LogP contribution in [-0.4, -0.2) is 35.2 Å². The molecule has 1 saturated heterocycles. The molecule has 1 rings (SSSR count). The quantitative estimate of drug-likeness (QED) is 0.595. The summed E-state index contributed by atoms with van der Waals surface area (Å²) in [6.07, 6.45) is 1.06. The van der Waals surface area contributed by atoms with E-state index in [1.165, 1.54) is 0 Å². The molecule has 0 aliphatic carbocycles. The van der Waals surface area contributed by atoms with E-state index in [2.05, 4.69) is 4.84 Å². The van der Waals surface area contributed by atoms with Gasteiger partial charge in [-0.25, -0.2) is 0 Å². The minimum Gasteiger partial charge on any atom is -0.480 e. The lowest BCUT2D eigenvalue weighted by molar-refractivity contribution is -0.202. The molecule has 0 bridgehead atoms. The van der Waals surface area contributed by atoms with Crippen molar-refractivity contribution in [3.63, 3.8) is 0 Å². The Bertz CT molecular complexity index is 177. The number of hydrogen-bond acceptors (Lipinski definition) is 4. The standard InChI is InChI=1S/C6H9NO4/c8-5(9)4-7-3-1-2-6(10)11-7/h1-4H2,(H,8,9). The highest BCUT2D eigenvalue weighted by Gasteiger charge is 2.19. The van der Waals surface area contributed by atoms with E-state index in [0.717, 1.165) is 5.06 Å². The van der Waals surface area contributed by atoms with Gasteiger partial charge in [-0.1, -0.05) is 0 Å². The molecular formula is C6H9NO4. The fourth-order valence-corrected chi connectivity index (χ4v) is 0.897. The summed E-state index contributed by atoms with van der Waals surface area (Å²) in [5, 5.41) is 9.48. The summed E-state index contributed by atoms with van der Waals surface area (Å²) in [7, 11) is 0. The van der Waals surface area contributed by atoms with Crippen LogP contribution in [0.2, 0.25) is 0 Å². The maximum absolute atomic E-state index is 10.6. The van der Waals surface area contributed by atoms with E-state index in [-0.39, 0.29) is 12.5 Å². The second-order valence-electron chi connectivity index (χ2n) is 2.32. The summed E-state index contributed by atoms with van der Waals surface area (Å²) in [4.78, 5) is 25.4. The first-order valence-electron chi connectivity index (χ1n) is 3.36. The molecule has 1 aliphatic heterocycles. The normalized spacial score (nSPS) is 19.5. The van der Waals surface area contributed by atoms with Crippen molar-refractivity contribution >= 4 is 11.9 Å². The van der Waals surface area contributed by atoms with Crippen molar-refractivity contribution in [3.05, 3.63) is 0 Å². The van der Waals surface area contributed by atoms with Gasteiger partial charge in [-0.3, -0.25) is 9.59 Å². The average Bonchev–Trinajstić information content (AvgIpc) is 1.85. The zero-order valence-electron chi connectivity index (χ0n) is 5.95. The third kappa shape index (κ3) is 2.55. The first kappa shape index (κ1) is 8.00. The molecule has 11 heavy (non-hydrogen) atoms. The number of aliphatic carboxylic acids is 1. The number of carbonyl (C=O) groups excluding carboxylic acids is 1. The summed E-state index contributed by atoms with van der Waals surface area (Å²) in [5.41, 5.74) is 0. The van der Waals surface area contributed by atoms with Crippen molar-refractivity contribution in [2.24, 2.45) is 0 Å². The van der Waals surface area contributed by atoms with Gasteiger partial charge in [0, 0.05) is 13.0 Å². The number of carboxylic acids is 1. The van der Waals surface area contributed by atoms with Gasteiger partial charge >= 0.3 is 11.9 Å². The zero-order chi connectivity index (χ0) is 8.27. The van der Waals surface area contributed by atoms with Crippen molar-refractivity contribution in [1.82, 2.24) is 5.06 Å². The van der Waals surface area contributed by atoms with Gasteiger partial charge in [0.25, 0.3) is 0 Å². The average molecular weight is 159 g/mol. The molecule has 1 heterocycles. The fraction of sp³-hybridized carbons (Fsp3) is 0.667. The number of rotatable bonds is 2.